The van der Waals surface area contributed by atoms with E-state index in [1.165, 1.54) is 5.56 Å². The third-order valence-electron chi connectivity index (χ3n) is 3.58. The summed E-state index contributed by atoms with van der Waals surface area (Å²) in [4.78, 5) is 4.53. The second kappa shape index (κ2) is 7.93. The Balaban J connectivity index is 1.63. The van der Waals surface area contributed by atoms with E-state index in [1.807, 2.05) is 54.7 Å². The van der Waals surface area contributed by atoms with Crippen LogP contribution in [0.15, 0.2) is 82.3 Å². The highest BCUT2D eigenvalue weighted by atomic mass is 79.9. The minimum absolute atomic E-state index is 0.574. The van der Waals surface area contributed by atoms with Gasteiger partial charge >= 0.3 is 0 Å². The molecule has 2 nitrogen and oxygen atoms in total. The third kappa shape index (κ3) is 4.56. The molecule has 0 N–H and O–H groups in total. The SMILES string of the molecule is Cc1ccc(N=Cc2ccc(OCc3ccccc3)cc2)c(Br)c1. The maximum Gasteiger partial charge on any atom is 0.119 e. The summed E-state index contributed by atoms with van der Waals surface area (Å²) in [5.74, 6) is 0.854. The van der Waals surface area contributed by atoms with Crippen LogP contribution in [0.3, 0.4) is 0 Å². The molecule has 3 rings (SSSR count). The van der Waals surface area contributed by atoms with Gasteiger partial charge in [0.25, 0.3) is 0 Å². The second-order valence-electron chi connectivity index (χ2n) is 5.56. The van der Waals surface area contributed by atoms with Crippen molar-refractivity contribution >= 4 is 27.8 Å². The summed E-state index contributed by atoms with van der Waals surface area (Å²) in [6, 6.07) is 24.2. The van der Waals surface area contributed by atoms with Crippen LogP contribution < -0.4 is 4.74 Å². The van der Waals surface area contributed by atoms with E-state index in [0.29, 0.717) is 6.61 Å². The Bertz CT molecular complexity index is 826. The summed E-state index contributed by atoms with van der Waals surface area (Å²) in [5.41, 5.74) is 4.33. The van der Waals surface area contributed by atoms with Gasteiger partial charge in [0.1, 0.15) is 12.4 Å². The lowest BCUT2D eigenvalue weighted by Crippen LogP contribution is -1.94. The van der Waals surface area contributed by atoms with Crippen LogP contribution in [-0.4, -0.2) is 6.21 Å². The van der Waals surface area contributed by atoms with Crippen molar-refractivity contribution in [3.63, 3.8) is 0 Å². The van der Waals surface area contributed by atoms with E-state index >= 15 is 0 Å². The first-order valence-electron chi connectivity index (χ1n) is 7.78. The van der Waals surface area contributed by atoms with Gasteiger partial charge < -0.3 is 4.74 Å². The molecule has 24 heavy (non-hydrogen) atoms. The molecule has 0 spiro atoms. The molecule has 0 fully saturated rings. The van der Waals surface area contributed by atoms with Crippen LogP contribution in [0.2, 0.25) is 0 Å². The highest BCUT2D eigenvalue weighted by molar-refractivity contribution is 9.10. The zero-order valence-corrected chi connectivity index (χ0v) is 15.0. The van der Waals surface area contributed by atoms with Crippen molar-refractivity contribution in [3.8, 4) is 5.75 Å². The number of aliphatic imine (C=N–C) groups is 1. The number of benzene rings is 3. The number of aryl methyl sites for hydroxylation is 1. The summed E-state index contributed by atoms with van der Waals surface area (Å²) >= 11 is 3.54. The Hall–Kier alpha value is -2.39. The molecule has 0 bridgehead atoms. The fraction of sp³-hybridized carbons (Fsp3) is 0.0952. The quantitative estimate of drug-likeness (QED) is 0.491. The molecule has 0 atom stereocenters. The zero-order chi connectivity index (χ0) is 16.8. The van der Waals surface area contributed by atoms with Crippen molar-refractivity contribution in [2.75, 3.05) is 0 Å². The van der Waals surface area contributed by atoms with Gasteiger partial charge in [0.15, 0.2) is 0 Å². The van der Waals surface area contributed by atoms with Crippen LogP contribution in [0, 0.1) is 6.92 Å². The average molecular weight is 380 g/mol. The number of halogens is 1. The largest absolute Gasteiger partial charge is 0.489 e. The Kier molecular flexibility index (Phi) is 5.44. The first-order valence-corrected chi connectivity index (χ1v) is 8.57. The fourth-order valence-corrected chi connectivity index (χ4v) is 2.85. The molecule has 3 aromatic carbocycles. The van der Waals surface area contributed by atoms with Gasteiger partial charge in [0, 0.05) is 10.7 Å². The summed E-state index contributed by atoms with van der Waals surface area (Å²) in [6.45, 7) is 2.64. The summed E-state index contributed by atoms with van der Waals surface area (Å²) in [6.07, 6.45) is 1.86. The molecule has 3 heteroatoms. The van der Waals surface area contributed by atoms with E-state index < -0.39 is 0 Å². The van der Waals surface area contributed by atoms with Gasteiger partial charge in [-0.2, -0.15) is 0 Å². The fourth-order valence-electron chi connectivity index (χ4n) is 2.25. The Morgan fingerprint density at radius 1 is 0.958 bits per heavy atom. The monoisotopic (exact) mass is 379 g/mol. The van der Waals surface area contributed by atoms with E-state index in [4.69, 9.17) is 4.74 Å². The van der Waals surface area contributed by atoms with Gasteiger partial charge in [-0.25, -0.2) is 0 Å². The van der Waals surface area contributed by atoms with Gasteiger partial charge in [-0.15, -0.1) is 0 Å². The first-order chi connectivity index (χ1) is 11.7. The molecule has 120 valence electrons. The number of ether oxygens (including phenoxy) is 1. The first kappa shape index (κ1) is 16.5. The third-order valence-corrected chi connectivity index (χ3v) is 4.22. The molecule has 0 saturated carbocycles. The zero-order valence-electron chi connectivity index (χ0n) is 13.4. The predicted octanol–water partition coefficient (Wildman–Crippen LogP) is 6.09. The summed E-state index contributed by atoms with van der Waals surface area (Å²) < 4.78 is 6.79. The highest BCUT2D eigenvalue weighted by Gasteiger charge is 1.98. The lowest BCUT2D eigenvalue weighted by atomic mass is 10.2. The van der Waals surface area contributed by atoms with Gasteiger partial charge in [-0.05, 0) is 75.9 Å². The molecule has 0 unspecified atom stereocenters. The van der Waals surface area contributed by atoms with Crippen LogP contribution in [0.1, 0.15) is 16.7 Å². The topological polar surface area (TPSA) is 21.6 Å². The van der Waals surface area contributed by atoms with Crippen molar-refractivity contribution in [2.24, 2.45) is 4.99 Å². The average Bonchev–Trinajstić information content (AvgIpc) is 2.61. The Labute approximate surface area is 151 Å². The molecule has 0 aliphatic heterocycles. The van der Waals surface area contributed by atoms with Crippen LogP contribution in [0.5, 0.6) is 5.75 Å². The van der Waals surface area contributed by atoms with Crippen LogP contribution in [-0.2, 0) is 6.61 Å². The molecular formula is C21H18BrNO. The molecular weight excluding hydrogens is 362 g/mol. The van der Waals surface area contributed by atoms with E-state index in [-0.39, 0.29) is 0 Å². The molecule has 0 aliphatic carbocycles. The Morgan fingerprint density at radius 2 is 1.71 bits per heavy atom. The van der Waals surface area contributed by atoms with E-state index in [0.717, 1.165) is 27.0 Å². The molecule has 0 aromatic heterocycles. The number of nitrogens with zero attached hydrogens (tertiary/aromatic N) is 1. The number of hydrogen-bond acceptors (Lipinski definition) is 2. The molecule has 0 aliphatic rings. The molecule has 0 heterocycles. The molecule has 0 amide bonds. The Morgan fingerprint density at radius 3 is 2.42 bits per heavy atom. The normalized spacial score (nSPS) is 10.9. The van der Waals surface area contributed by atoms with Gasteiger partial charge in [-0.3, -0.25) is 4.99 Å². The number of rotatable bonds is 5. The van der Waals surface area contributed by atoms with Crippen LogP contribution in [0.4, 0.5) is 5.69 Å². The van der Waals surface area contributed by atoms with Crippen LogP contribution in [0.25, 0.3) is 0 Å². The van der Waals surface area contributed by atoms with E-state index in [9.17, 15) is 0 Å². The maximum absolute atomic E-state index is 5.79. The highest BCUT2D eigenvalue weighted by Crippen LogP contribution is 2.26. The lowest BCUT2D eigenvalue weighted by Gasteiger charge is -2.06. The standard InChI is InChI=1S/C21H18BrNO/c1-16-7-12-21(20(22)13-16)23-14-17-8-10-19(11-9-17)24-15-18-5-3-2-4-6-18/h2-14H,15H2,1H3. The molecule has 3 aromatic rings. The van der Waals surface area contributed by atoms with Crippen molar-refractivity contribution in [1.29, 1.82) is 0 Å². The van der Waals surface area contributed by atoms with Gasteiger partial charge in [-0.1, -0.05) is 36.4 Å². The number of hydrogen-bond donors (Lipinski definition) is 0. The molecule has 0 saturated heterocycles. The van der Waals surface area contributed by atoms with Crippen molar-refractivity contribution in [3.05, 3.63) is 94.0 Å². The van der Waals surface area contributed by atoms with E-state index in [1.54, 1.807) is 0 Å². The lowest BCUT2D eigenvalue weighted by molar-refractivity contribution is 0.306. The second-order valence-corrected chi connectivity index (χ2v) is 6.41. The van der Waals surface area contributed by atoms with Gasteiger partial charge in [0.05, 0.1) is 5.69 Å². The minimum Gasteiger partial charge on any atom is -0.489 e. The van der Waals surface area contributed by atoms with Crippen molar-refractivity contribution in [1.82, 2.24) is 0 Å². The van der Waals surface area contributed by atoms with Crippen molar-refractivity contribution < 1.29 is 4.74 Å². The maximum atomic E-state index is 5.79. The summed E-state index contributed by atoms with van der Waals surface area (Å²) in [5, 5.41) is 0. The predicted molar refractivity (Wildman–Crippen MR) is 103 cm³/mol. The van der Waals surface area contributed by atoms with Crippen molar-refractivity contribution in [2.45, 2.75) is 13.5 Å². The van der Waals surface area contributed by atoms with Gasteiger partial charge in [0.2, 0.25) is 0 Å². The molecule has 0 radical (unpaired) electrons. The minimum atomic E-state index is 0.574. The summed E-state index contributed by atoms with van der Waals surface area (Å²) in [7, 11) is 0. The van der Waals surface area contributed by atoms with Crippen LogP contribution >= 0.6 is 15.9 Å². The smallest absolute Gasteiger partial charge is 0.119 e. The van der Waals surface area contributed by atoms with E-state index in [2.05, 4.69) is 52.1 Å².